The molecule has 2 aliphatic heterocycles. The van der Waals surface area contributed by atoms with Gasteiger partial charge in [-0.3, -0.25) is 4.79 Å². The van der Waals surface area contributed by atoms with E-state index in [1.54, 1.807) is 13.3 Å². The molecule has 0 spiro atoms. The van der Waals surface area contributed by atoms with Crippen LogP contribution in [-0.4, -0.2) is 43.7 Å². The van der Waals surface area contributed by atoms with Crippen molar-refractivity contribution in [3.05, 3.63) is 53.7 Å². The van der Waals surface area contributed by atoms with Crippen LogP contribution >= 0.6 is 0 Å². The summed E-state index contributed by atoms with van der Waals surface area (Å²) >= 11 is 0. The molecular formula is C21H25N3O2. The number of hydrogen-bond acceptors (Lipinski definition) is 4. The number of pyridine rings is 1. The van der Waals surface area contributed by atoms with Gasteiger partial charge in [-0.15, -0.1) is 0 Å². The Morgan fingerprint density at radius 2 is 2.04 bits per heavy atom. The second kappa shape index (κ2) is 7.08. The van der Waals surface area contributed by atoms with Gasteiger partial charge in [-0.25, -0.2) is 4.98 Å². The minimum Gasteiger partial charge on any atom is -0.379 e. The number of nitrogens with zero attached hydrogens (tertiary/aromatic N) is 3. The molecule has 1 saturated heterocycles. The van der Waals surface area contributed by atoms with Gasteiger partial charge >= 0.3 is 0 Å². The number of para-hydroxylation sites is 1. The molecule has 26 heavy (non-hydrogen) atoms. The van der Waals surface area contributed by atoms with Crippen LogP contribution in [0.1, 0.15) is 29.3 Å². The number of amides is 1. The van der Waals surface area contributed by atoms with Gasteiger partial charge in [0.15, 0.2) is 0 Å². The summed E-state index contributed by atoms with van der Waals surface area (Å²) in [6.45, 7) is 4.78. The second-order valence-corrected chi connectivity index (χ2v) is 7.23. The fraction of sp³-hybridized carbons (Fsp3) is 0.429. The minimum atomic E-state index is 0.0241. The molecule has 1 amide bonds. The molecule has 1 aromatic heterocycles. The van der Waals surface area contributed by atoms with E-state index in [9.17, 15) is 4.79 Å². The quantitative estimate of drug-likeness (QED) is 0.852. The molecule has 2 atom stereocenters. The van der Waals surface area contributed by atoms with Crippen molar-refractivity contribution < 1.29 is 9.53 Å². The summed E-state index contributed by atoms with van der Waals surface area (Å²) in [6, 6.07) is 12.0. The average Bonchev–Trinajstić information content (AvgIpc) is 3.12. The third-order valence-corrected chi connectivity index (χ3v) is 5.64. The van der Waals surface area contributed by atoms with E-state index >= 15 is 0 Å². The van der Waals surface area contributed by atoms with E-state index < -0.39 is 0 Å². The summed E-state index contributed by atoms with van der Waals surface area (Å²) in [7, 11) is 1.77. The molecule has 5 nitrogen and oxygen atoms in total. The summed E-state index contributed by atoms with van der Waals surface area (Å²) < 4.78 is 5.59. The monoisotopic (exact) mass is 351 g/mol. The van der Waals surface area contributed by atoms with E-state index in [4.69, 9.17) is 4.74 Å². The first-order valence-corrected chi connectivity index (χ1v) is 9.31. The van der Waals surface area contributed by atoms with E-state index in [0.717, 1.165) is 44.0 Å². The highest BCUT2D eigenvalue weighted by Gasteiger charge is 2.28. The van der Waals surface area contributed by atoms with Crippen LogP contribution in [0.3, 0.4) is 0 Å². The van der Waals surface area contributed by atoms with Crippen LogP contribution in [0.2, 0.25) is 0 Å². The standard InChI is InChI=1S/C21H25N3O2/c1-15-9-11-23(14-19(15)26-2)20-8-7-17(13-22-20)21(25)24-12-10-16-5-3-4-6-18(16)24/h3-8,13,15,19H,9-12,14H2,1-2H3. The molecule has 0 radical (unpaired) electrons. The third kappa shape index (κ3) is 3.07. The second-order valence-electron chi connectivity index (χ2n) is 7.23. The molecule has 3 heterocycles. The molecule has 0 bridgehead atoms. The van der Waals surface area contributed by atoms with Gasteiger partial charge in [0.05, 0.1) is 11.7 Å². The number of hydrogen-bond donors (Lipinski definition) is 0. The summed E-state index contributed by atoms with van der Waals surface area (Å²) in [4.78, 5) is 21.6. The van der Waals surface area contributed by atoms with E-state index in [-0.39, 0.29) is 12.0 Å². The zero-order valence-corrected chi connectivity index (χ0v) is 15.4. The van der Waals surface area contributed by atoms with Crippen LogP contribution in [0, 0.1) is 5.92 Å². The van der Waals surface area contributed by atoms with E-state index in [2.05, 4.69) is 22.9 Å². The number of carbonyl (C=O) groups is 1. The highest BCUT2D eigenvalue weighted by Crippen LogP contribution is 2.29. The number of ether oxygens (including phenoxy) is 1. The smallest absolute Gasteiger partial charge is 0.259 e. The van der Waals surface area contributed by atoms with Crippen LogP contribution in [0.25, 0.3) is 0 Å². The lowest BCUT2D eigenvalue weighted by molar-refractivity contribution is 0.0496. The van der Waals surface area contributed by atoms with Crippen LogP contribution < -0.4 is 9.80 Å². The van der Waals surface area contributed by atoms with Gasteiger partial charge in [-0.1, -0.05) is 25.1 Å². The van der Waals surface area contributed by atoms with Crippen molar-refractivity contribution in [3.63, 3.8) is 0 Å². The maximum Gasteiger partial charge on any atom is 0.259 e. The lowest BCUT2D eigenvalue weighted by Gasteiger charge is -2.36. The number of anilines is 2. The average molecular weight is 351 g/mol. The summed E-state index contributed by atoms with van der Waals surface area (Å²) in [6.07, 6.45) is 3.94. The first-order valence-electron chi connectivity index (χ1n) is 9.31. The number of fused-ring (bicyclic) bond motifs is 1. The van der Waals surface area contributed by atoms with Crippen LogP contribution in [0.5, 0.6) is 0 Å². The Kier molecular flexibility index (Phi) is 4.64. The summed E-state index contributed by atoms with van der Waals surface area (Å²) in [5.41, 5.74) is 2.90. The first kappa shape index (κ1) is 17.0. The molecule has 4 rings (SSSR count). The van der Waals surface area contributed by atoms with Gasteiger partial charge in [0.25, 0.3) is 5.91 Å². The van der Waals surface area contributed by atoms with Crippen molar-refractivity contribution in [1.82, 2.24) is 4.98 Å². The topological polar surface area (TPSA) is 45.7 Å². The summed E-state index contributed by atoms with van der Waals surface area (Å²) in [5, 5.41) is 0. The molecule has 0 saturated carbocycles. The molecule has 2 aromatic rings. The fourth-order valence-electron chi connectivity index (χ4n) is 3.95. The lowest BCUT2D eigenvalue weighted by atomic mass is 9.96. The molecule has 1 fully saturated rings. The molecule has 136 valence electrons. The molecule has 0 N–H and O–H groups in total. The van der Waals surface area contributed by atoms with Crippen molar-refractivity contribution in [3.8, 4) is 0 Å². The first-order chi connectivity index (χ1) is 12.7. The largest absolute Gasteiger partial charge is 0.379 e. The number of rotatable bonds is 3. The van der Waals surface area contributed by atoms with Crippen molar-refractivity contribution in [1.29, 1.82) is 0 Å². The zero-order chi connectivity index (χ0) is 18.1. The van der Waals surface area contributed by atoms with Gasteiger partial charge in [-0.05, 0) is 42.5 Å². The Balaban J connectivity index is 1.49. The Bertz CT molecular complexity index is 790. The number of methoxy groups -OCH3 is 1. The number of carbonyl (C=O) groups excluding carboxylic acids is 1. The minimum absolute atomic E-state index is 0.0241. The predicted molar refractivity (Wildman–Crippen MR) is 103 cm³/mol. The molecule has 2 aliphatic rings. The van der Waals surface area contributed by atoms with Crippen LogP contribution in [-0.2, 0) is 11.2 Å². The molecular weight excluding hydrogens is 326 g/mol. The molecule has 5 heteroatoms. The zero-order valence-electron chi connectivity index (χ0n) is 15.4. The van der Waals surface area contributed by atoms with Crippen LogP contribution in [0.15, 0.2) is 42.6 Å². The molecule has 2 unspecified atom stereocenters. The van der Waals surface area contributed by atoms with Gasteiger partial charge in [0.2, 0.25) is 0 Å². The van der Waals surface area contributed by atoms with Gasteiger partial charge in [-0.2, -0.15) is 0 Å². The van der Waals surface area contributed by atoms with Crippen molar-refractivity contribution in [2.75, 3.05) is 36.5 Å². The Labute approximate surface area is 154 Å². The predicted octanol–water partition coefficient (Wildman–Crippen LogP) is 3.15. The lowest BCUT2D eigenvalue weighted by Crippen LogP contribution is -2.44. The van der Waals surface area contributed by atoms with Crippen molar-refractivity contribution >= 4 is 17.4 Å². The maximum absolute atomic E-state index is 12.9. The van der Waals surface area contributed by atoms with Gasteiger partial charge in [0, 0.05) is 38.6 Å². The number of aromatic nitrogens is 1. The normalized spacial score (nSPS) is 22.4. The van der Waals surface area contributed by atoms with E-state index in [0.29, 0.717) is 11.5 Å². The van der Waals surface area contributed by atoms with Crippen molar-refractivity contribution in [2.24, 2.45) is 5.92 Å². The maximum atomic E-state index is 12.9. The van der Waals surface area contributed by atoms with Crippen molar-refractivity contribution in [2.45, 2.75) is 25.9 Å². The fourth-order valence-corrected chi connectivity index (χ4v) is 3.95. The Morgan fingerprint density at radius 3 is 2.81 bits per heavy atom. The third-order valence-electron chi connectivity index (χ3n) is 5.64. The van der Waals surface area contributed by atoms with E-state index in [1.165, 1.54) is 5.56 Å². The highest BCUT2D eigenvalue weighted by molar-refractivity contribution is 6.07. The number of piperidine rings is 1. The number of benzene rings is 1. The molecule has 0 aliphatic carbocycles. The van der Waals surface area contributed by atoms with E-state index in [1.807, 2.05) is 35.2 Å². The van der Waals surface area contributed by atoms with Gasteiger partial charge in [0.1, 0.15) is 5.82 Å². The van der Waals surface area contributed by atoms with Gasteiger partial charge < -0.3 is 14.5 Å². The SMILES string of the molecule is COC1CN(c2ccc(C(=O)N3CCc4ccccc43)cn2)CCC1C. The van der Waals surface area contributed by atoms with Crippen LogP contribution in [0.4, 0.5) is 11.5 Å². The Morgan fingerprint density at radius 1 is 1.19 bits per heavy atom. The highest BCUT2D eigenvalue weighted by atomic mass is 16.5. The molecule has 1 aromatic carbocycles. The summed E-state index contributed by atoms with van der Waals surface area (Å²) in [5.74, 6) is 1.50. The Hall–Kier alpha value is -2.40.